The van der Waals surface area contributed by atoms with Crippen LogP contribution in [0.3, 0.4) is 0 Å². The van der Waals surface area contributed by atoms with Crippen LogP contribution < -0.4 is 5.32 Å². The van der Waals surface area contributed by atoms with E-state index in [9.17, 15) is 14.0 Å². The van der Waals surface area contributed by atoms with E-state index in [4.69, 9.17) is 4.74 Å². The number of nitrogens with one attached hydrogen (secondary N) is 2. The maximum absolute atomic E-state index is 13.3. The first kappa shape index (κ1) is 35.2. The molecule has 5 aromatic rings. The molecule has 0 saturated heterocycles. The molecule has 0 bridgehead atoms. The summed E-state index contributed by atoms with van der Waals surface area (Å²) in [5.41, 5.74) is 6.75. The lowest BCUT2D eigenvalue weighted by atomic mass is 9.85. The first-order valence-corrected chi connectivity index (χ1v) is 16.0. The molecule has 9 heteroatoms. The molecule has 1 fully saturated rings. The standard InChI is InChI=1S/C19H20FN3O.C13H16N2O2.2C2H6/c1-22-17-11-16(12-24)21-23(17)19(13-5-3-2-4-6-13)18(22)14-7-9-15(20)10-8-14;1-14-12(13(16)17-2)7-9-8-15-11-6-4-3-5-10(9)11;2*1-2/h7-13H,2-6H2,1H3;3-6,8,12,14-15H,7H2,1-2H3;2*1-2H3. The van der Waals surface area contributed by atoms with Crippen molar-refractivity contribution in [3.63, 3.8) is 0 Å². The van der Waals surface area contributed by atoms with Gasteiger partial charge in [0.1, 0.15) is 23.2 Å². The summed E-state index contributed by atoms with van der Waals surface area (Å²) in [5.74, 6) is -0.0557. The SMILES string of the molecule is CC.CC.CNC(Cc1c[nH]c2ccccc12)C(=O)OC.Cn1c(-c2ccc(F)cc2)c(C2CCCCC2)n2nc(C=O)cc12. The molecular weight excluding hydrogens is 569 g/mol. The molecule has 1 atom stereocenters. The normalized spacial score (nSPS) is 13.5. The van der Waals surface area contributed by atoms with Gasteiger partial charge in [0.15, 0.2) is 6.29 Å². The van der Waals surface area contributed by atoms with Crippen LogP contribution in [-0.2, 0) is 23.0 Å². The number of H-pyrrole nitrogens is 1. The Bertz CT molecular complexity index is 1640. The number of fused-ring (bicyclic) bond motifs is 2. The van der Waals surface area contributed by atoms with Gasteiger partial charge in [-0.15, -0.1) is 0 Å². The number of aldehydes is 1. The van der Waals surface area contributed by atoms with Crippen molar-refractivity contribution < 1.29 is 18.7 Å². The number of esters is 1. The van der Waals surface area contributed by atoms with E-state index in [1.165, 1.54) is 38.5 Å². The van der Waals surface area contributed by atoms with E-state index in [1.54, 1.807) is 7.05 Å². The molecule has 242 valence electrons. The van der Waals surface area contributed by atoms with Crippen molar-refractivity contribution in [1.29, 1.82) is 0 Å². The van der Waals surface area contributed by atoms with E-state index >= 15 is 0 Å². The summed E-state index contributed by atoms with van der Waals surface area (Å²) in [4.78, 5) is 25.8. The number of ether oxygens (including phenoxy) is 1. The Labute approximate surface area is 266 Å². The van der Waals surface area contributed by atoms with Gasteiger partial charge < -0.3 is 19.6 Å². The fraction of sp³-hybridized carbons (Fsp3) is 0.417. The van der Waals surface area contributed by atoms with Gasteiger partial charge >= 0.3 is 5.97 Å². The number of imidazole rings is 1. The molecule has 2 aromatic carbocycles. The highest BCUT2D eigenvalue weighted by Crippen LogP contribution is 2.39. The molecule has 1 saturated carbocycles. The number of methoxy groups -OCH3 is 1. The lowest BCUT2D eigenvalue weighted by molar-refractivity contribution is -0.142. The summed E-state index contributed by atoms with van der Waals surface area (Å²) in [6, 6.07) is 16.2. The highest BCUT2D eigenvalue weighted by atomic mass is 19.1. The van der Waals surface area contributed by atoms with Crippen LogP contribution in [0, 0.1) is 5.82 Å². The van der Waals surface area contributed by atoms with Gasteiger partial charge in [-0.1, -0.05) is 65.2 Å². The number of hydrogen-bond donors (Lipinski definition) is 2. The van der Waals surface area contributed by atoms with Gasteiger partial charge in [0.2, 0.25) is 0 Å². The van der Waals surface area contributed by atoms with Gasteiger partial charge in [0.25, 0.3) is 0 Å². The molecule has 45 heavy (non-hydrogen) atoms. The van der Waals surface area contributed by atoms with Crippen LogP contribution in [0.15, 0.2) is 60.8 Å². The molecule has 3 aromatic heterocycles. The number of rotatable bonds is 7. The fourth-order valence-electron chi connectivity index (χ4n) is 5.91. The van der Waals surface area contributed by atoms with Crippen LogP contribution in [0.4, 0.5) is 4.39 Å². The van der Waals surface area contributed by atoms with Gasteiger partial charge in [-0.2, -0.15) is 5.10 Å². The summed E-state index contributed by atoms with van der Waals surface area (Å²) in [6.07, 6.45) is 9.31. The second-order valence-electron chi connectivity index (χ2n) is 10.5. The Hall–Kier alpha value is -4.24. The van der Waals surface area contributed by atoms with E-state index in [0.717, 1.165) is 58.2 Å². The van der Waals surface area contributed by atoms with Gasteiger partial charge in [-0.3, -0.25) is 9.59 Å². The molecule has 1 aliphatic carbocycles. The monoisotopic (exact) mass is 617 g/mol. The van der Waals surface area contributed by atoms with Crippen molar-refractivity contribution in [2.24, 2.45) is 7.05 Å². The first-order chi connectivity index (χ1) is 21.9. The number of aromatic nitrogens is 4. The van der Waals surface area contributed by atoms with Crippen molar-refractivity contribution in [2.75, 3.05) is 14.2 Å². The second kappa shape index (κ2) is 17.3. The molecule has 0 amide bonds. The van der Waals surface area contributed by atoms with Gasteiger partial charge in [0.05, 0.1) is 18.5 Å². The largest absolute Gasteiger partial charge is 0.468 e. The Morgan fingerprint density at radius 1 is 1.09 bits per heavy atom. The van der Waals surface area contributed by atoms with Gasteiger partial charge in [-0.25, -0.2) is 8.91 Å². The van der Waals surface area contributed by atoms with E-state index in [-0.39, 0.29) is 17.8 Å². The van der Waals surface area contributed by atoms with Gasteiger partial charge in [0, 0.05) is 48.1 Å². The number of benzene rings is 2. The van der Waals surface area contributed by atoms with Gasteiger partial charge in [-0.05, 0) is 55.8 Å². The maximum Gasteiger partial charge on any atom is 0.323 e. The minimum Gasteiger partial charge on any atom is -0.468 e. The average Bonchev–Trinajstić information content (AvgIpc) is 3.79. The third kappa shape index (κ3) is 8.08. The van der Waals surface area contributed by atoms with Crippen LogP contribution in [0.1, 0.15) is 87.5 Å². The Balaban J connectivity index is 0.000000232. The molecule has 0 spiro atoms. The highest BCUT2D eigenvalue weighted by molar-refractivity contribution is 5.84. The molecule has 6 rings (SSSR count). The highest BCUT2D eigenvalue weighted by Gasteiger charge is 2.27. The van der Waals surface area contributed by atoms with E-state index in [1.807, 2.05) is 87.9 Å². The van der Waals surface area contributed by atoms with E-state index in [2.05, 4.69) is 20.0 Å². The summed E-state index contributed by atoms with van der Waals surface area (Å²) >= 11 is 0. The number of hydrogen-bond acceptors (Lipinski definition) is 5. The van der Waals surface area contributed by atoms with Crippen molar-refractivity contribution >= 4 is 28.8 Å². The molecule has 3 heterocycles. The number of likely N-dealkylation sites (N-methyl/N-ethyl adjacent to an activating group) is 1. The molecule has 0 radical (unpaired) electrons. The van der Waals surface area contributed by atoms with Crippen molar-refractivity contribution in [3.05, 3.63) is 83.6 Å². The molecule has 0 aliphatic heterocycles. The lowest BCUT2D eigenvalue weighted by Gasteiger charge is -2.22. The summed E-state index contributed by atoms with van der Waals surface area (Å²) < 4.78 is 22.1. The third-order valence-corrected chi connectivity index (χ3v) is 8.02. The lowest BCUT2D eigenvalue weighted by Crippen LogP contribution is -2.36. The predicted molar refractivity (Wildman–Crippen MR) is 180 cm³/mol. The Morgan fingerprint density at radius 3 is 2.38 bits per heavy atom. The summed E-state index contributed by atoms with van der Waals surface area (Å²) in [6.45, 7) is 8.00. The Morgan fingerprint density at radius 2 is 1.76 bits per heavy atom. The molecule has 2 N–H and O–H groups in total. The number of aromatic amines is 1. The molecular formula is C36H48FN5O3. The summed E-state index contributed by atoms with van der Waals surface area (Å²) in [7, 11) is 5.15. The second-order valence-corrected chi connectivity index (χ2v) is 10.5. The summed E-state index contributed by atoms with van der Waals surface area (Å²) in [5, 5.41) is 8.60. The average molecular weight is 618 g/mol. The van der Waals surface area contributed by atoms with Crippen LogP contribution in [-0.4, -0.2) is 51.6 Å². The zero-order valence-electron chi connectivity index (χ0n) is 27.7. The first-order valence-electron chi connectivity index (χ1n) is 16.0. The van der Waals surface area contributed by atoms with E-state index in [0.29, 0.717) is 18.0 Å². The molecule has 8 nitrogen and oxygen atoms in total. The quantitative estimate of drug-likeness (QED) is 0.143. The predicted octanol–water partition coefficient (Wildman–Crippen LogP) is 7.86. The topological polar surface area (TPSA) is 93.4 Å². The van der Waals surface area contributed by atoms with Crippen LogP contribution >= 0.6 is 0 Å². The number of halogens is 1. The van der Waals surface area contributed by atoms with Crippen molar-refractivity contribution in [1.82, 2.24) is 24.5 Å². The molecule has 1 aliphatic rings. The zero-order chi connectivity index (χ0) is 32.9. The minimum atomic E-state index is -0.306. The van der Waals surface area contributed by atoms with Crippen LogP contribution in [0.25, 0.3) is 27.8 Å². The van der Waals surface area contributed by atoms with Crippen LogP contribution in [0.5, 0.6) is 0 Å². The Kier molecular flexibility index (Phi) is 13.5. The number of carbonyl (C=O) groups excluding carboxylic acids is 2. The third-order valence-electron chi connectivity index (χ3n) is 8.02. The van der Waals surface area contributed by atoms with E-state index < -0.39 is 0 Å². The number of nitrogens with zero attached hydrogens (tertiary/aromatic N) is 3. The maximum atomic E-state index is 13.3. The fourth-order valence-corrected chi connectivity index (χ4v) is 5.91. The van der Waals surface area contributed by atoms with Crippen molar-refractivity contribution in [3.8, 4) is 11.3 Å². The number of carbonyl (C=O) groups is 2. The zero-order valence-corrected chi connectivity index (χ0v) is 27.7. The smallest absolute Gasteiger partial charge is 0.323 e. The minimum absolute atomic E-state index is 0.236. The van der Waals surface area contributed by atoms with Crippen molar-refractivity contribution in [2.45, 2.75) is 78.2 Å². The molecule has 1 unspecified atom stereocenters. The number of para-hydroxylation sites is 1. The number of aryl methyl sites for hydroxylation is 1. The van der Waals surface area contributed by atoms with Crippen LogP contribution in [0.2, 0.25) is 0 Å².